The van der Waals surface area contributed by atoms with Crippen LogP contribution >= 0.6 is 69.0 Å². The van der Waals surface area contributed by atoms with Gasteiger partial charge < -0.3 is 100.0 Å². The standard InChI is InChI=1S/C17H36N2O4P2.C15H32N3OP.2C14H33O3PSi.C12H27IO2Si.C12H28O3Si.C7H18Si.C6H14O3.C2H6O2P.CH3F.CH4O.FH.H3N/c1-15(2)19(16(3)4)24(22-12-8-11-18)23-13-9-17(21-5)10-14-25(6,7)20;1-12(2)17(13(3)4)20(19-11-9-10-16)18(14(5)6)15(7)8;2*1-14(2,3)19(7,8)17-11-9-13(16-4)10-12-18(5,6)15;2*1-12(2,3)16(5,6)15-10-8-11(14-4)7-9-13;1-7(2,3)8(4,5)6;1-9-6(2-4-7)3-5-8;1-4-5(2)3;2*1-2;;/h15-17H,8-10,12-14H2,1-7H3;12-15H,9,11H2,1-8H3;2*13H,9-12H2,1-8H3;11H,7-10H2,1-6H3;11,13H,7-10H2,1-6H3;1-6H3;6-8H,2-5H2,1H3;1-2H3;1H3;2H,1H3;1H;1H3/q;;;;;;;;+1;;;;/i;;;;;;;;;1D;;;. The van der Waals surface area contributed by atoms with Gasteiger partial charge in [-0.2, -0.15) is 10.5 Å². The van der Waals surface area contributed by atoms with Crippen LogP contribution in [0.25, 0.3) is 0 Å². The second kappa shape index (κ2) is 92.4. The minimum atomic E-state index is -2.02. The lowest BCUT2D eigenvalue weighted by atomic mass is 10.2. The van der Waals surface area contributed by atoms with Crippen molar-refractivity contribution >= 4 is 110 Å². The zero-order valence-corrected chi connectivity index (χ0v) is 115. The van der Waals surface area contributed by atoms with Gasteiger partial charge in [-0.25, -0.2) is 14.0 Å². The van der Waals surface area contributed by atoms with Crippen molar-refractivity contribution in [3.8, 4) is 12.1 Å². The molecule has 0 spiro atoms. The molecule has 0 aliphatic carbocycles. The number of aliphatic hydroxyl groups excluding tert-OH is 4. The van der Waals surface area contributed by atoms with Crippen LogP contribution < -0.4 is 6.15 Å². The zero-order valence-electron chi connectivity index (χ0n) is 103. The molecule has 143 heavy (non-hydrogen) atoms. The van der Waals surface area contributed by atoms with Gasteiger partial charge in [0.05, 0.1) is 118 Å². The fourth-order valence-electron chi connectivity index (χ4n) is 10.8. The number of hydrogen-bond acceptors (Lipinski definition) is 28. The Labute approximate surface area is 906 Å². The van der Waals surface area contributed by atoms with Crippen LogP contribution in [0.1, 0.15) is 278 Å². The summed E-state index contributed by atoms with van der Waals surface area (Å²) in [5.74, 6) is 0. The maximum Gasteiger partial charge on any atom is 0.504 e. The van der Waals surface area contributed by atoms with Crippen molar-refractivity contribution in [3.63, 3.8) is 0 Å². The molecule has 7 atom stereocenters. The molecule has 0 bridgehead atoms. The minimum Gasteiger partial charge on any atom is -0.417 e. The minimum absolute atomic E-state index is 0. The summed E-state index contributed by atoms with van der Waals surface area (Å²) in [6.07, 6.45) is 13.8. The second-order valence-electron chi connectivity index (χ2n) is 46.4. The molecule has 0 fully saturated rings. The van der Waals surface area contributed by atoms with Crippen LogP contribution in [-0.2, 0) is 82.5 Å². The highest BCUT2D eigenvalue weighted by atomic mass is 127. The molecule has 28 nitrogen and oxygen atoms in total. The van der Waals surface area contributed by atoms with Crippen LogP contribution in [0.5, 0.6) is 0 Å². The summed E-state index contributed by atoms with van der Waals surface area (Å²) in [5.41, 5.74) is 0. The topological polar surface area (TPSA) is 371 Å². The van der Waals surface area contributed by atoms with E-state index in [-0.39, 0.29) is 88.4 Å². The summed E-state index contributed by atoms with van der Waals surface area (Å²) in [4.78, 5) is 0. The highest BCUT2D eigenvalue weighted by Gasteiger charge is 2.42. The summed E-state index contributed by atoms with van der Waals surface area (Å²) in [6.45, 7) is 103. The lowest BCUT2D eigenvalue weighted by Crippen LogP contribution is -2.43. The van der Waals surface area contributed by atoms with Gasteiger partial charge in [-0.05, 0) is 282 Å². The highest BCUT2D eigenvalue weighted by Crippen LogP contribution is 2.52. The molecule has 0 radical (unpaired) electrons. The van der Waals surface area contributed by atoms with Crippen LogP contribution in [0.4, 0.5) is 9.09 Å². The van der Waals surface area contributed by atoms with Crippen molar-refractivity contribution in [2.75, 3.05) is 200 Å². The Morgan fingerprint density at radius 1 is 0.385 bits per heavy atom. The second-order valence-corrected chi connectivity index (χ2v) is 87.9. The lowest BCUT2D eigenvalue weighted by molar-refractivity contribution is 0.0569. The first kappa shape index (κ1) is 169. The van der Waals surface area contributed by atoms with Crippen LogP contribution in [0.3, 0.4) is 0 Å². The maximum atomic E-state index is 11.9. The van der Waals surface area contributed by atoms with E-state index in [0.29, 0.717) is 98.4 Å². The molecule has 0 aromatic rings. The number of nitrogens with zero attached hydrogens (tertiary/aromatic N) is 5. The molecule has 7 N–H and O–H groups in total. The number of methoxy groups -OCH3 is 6. The SMILES string of the molecule is CC(C)(C)[Si](C)(C)C.CC(C)N(C(C)C)P(OCCC#N)N(C(C)C)C(C)C.CO.COC(CCI)CCO[Si](C)(C)C(C)(C)C.COC(CCO)CCO.COC(CCO)CCO[Si](C)(C)C(C)(C)C.COC(CCOP(OCCC#N)N(C(C)C)C(C)C)CCP(C)(C)=O.COC(CCO[Si](C)(C)C(C)(C)C)CCP(C)(C)=O.COC(CCO[Si](C)(C)C(C)(C)C)CCP(C)(C)=O.CO[P+](C)=O.F.N.[2H]CF. The first-order chi connectivity index (χ1) is 64.4. The molecular weight excluding hydrogens is 2140 g/mol. The van der Waals surface area contributed by atoms with Gasteiger partial charge in [-0.3, -0.25) is 9.09 Å². The molecule has 0 aliphatic heterocycles. The maximum absolute atomic E-state index is 11.9. The molecule has 874 valence electrons. The first-order valence-electron chi connectivity index (χ1n) is 51.7. The predicted molar refractivity (Wildman–Crippen MR) is 641 cm³/mol. The number of nitriles is 2. The van der Waals surface area contributed by atoms with E-state index in [1.807, 2.05) is 40.0 Å². The number of alkyl halides is 2. The highest BCUT2D eigenvalue weighted by molar-refractivity contribution is 14.1. The molecular formula is C101H238F2IN6O22P6Si5+. The smallest absolute Gasteiger partial charge is 0.417 e. The largest absolute Gasteiger partial charge is 0.504 e. The Bertz CT molecular complexity index is 3000. The Kier molecular flexibility index (Phi) is 109. The molecule has 0 aromatic heterocycles. The molecule has 0 heterocycles. The summed E-state index contributed by atoms with van der Waals surface area (Å²) < 4.78 is 148. The summed E-state index contributed by atoms with van der Waals surface area (Å²) in [5, 5.41) is 51.8. The number of aliphatic hydroxyl groups is 4. The average Bonchev–Trinajstić information content (AvgIpc) is 0.820. The van der Waals surface area contributed by atoms with Gasteiger partial charge in [0.2, 0.25) is 0 Å². The van der Waals surface area contributed by atoms with Gasteiger partial charge in [-0.15, -0.1) is 4.52 Å². The quantitative estimate of drug-likeness (QED) is 0.0124. The average molecular weight is 2380 g/mol. The third-order valence-electron chi connectivity index (χ3n) is 25.3. The van der Waals surface area contributed by atoms with Crippen molar-refractivity contribution in [2.45, 2.75) is 447 Å². The van der Waals surface area contributed by atoms with Gasteiger partial charge in [0.1, 0.15) is 0 Å². The van der Waals surface area contributed by atoms with E-state index in [2.05, 4.69) is 312 Å². The predicted octanol–water partition coefficient (Wildman–Crippen LogP) is 29.4. The van der Waals surface area contributed by atoms with Gasteiger partial charge in [0.15, 0.2) is 48.4 Å². The molecule has 7 unspecified atom stereocenters. The molecule has 0 aromatic carbocycles. The third kappa shape index (κ3) is 98.8. The molecule has 0 saturated carbocycles. The molecule has 0 amide bonds. The van der Waals surface area contributed by atoms with E-state index in [0.717, 1.165) is 108 Å². The molecule has 0 saturated heterocycles. The third-order valence-corrected chi connectivity index (χ3v) is 58.3. The summed E-state index contributed by atoms with van der Waals surface area (Å²) >= 11 is 2.39. The summed E-state index contributed by atoms with van der Waals surface area (Å²) in [7, 11) is -5.04. The van der Waals surface area contributed by atoms with Crippen molar-refractivity contribution in [2.24, 2.45) is 0 Å². The summed E-state index contributed by atoms with van der Waals surface area (Å²) in [6, 6.07) is 6.52. The van der Waals surface area contributed by atoms with Crippen LogP contribution in [0.15, 0.2) is 0 Å². The van der Waals surface area contributed by atoms with Crippen LogP contribution in [0.2, 0.25) is 97.2 Å². The van der Waals surface area contributed by atoms with Crippen molar-refractivity contribution in [1.29, 1.82) is 10.5 Å². The van der Waals surface area contributed by atoms with Crippen molar-refractivity contribution < 1.29 is 113 Å². The van der Waals surface area contributed by atoms with E-state index in [9.17, 15) is 22.7 Å². The fourth-order valence-corrected chi connectivity index (χ4v) is 22.4. The Balaban J connectivity index is -0.000000124. The van der Waals surface area contributed by atoms with Gasteiger partial charge in [0, 0.05) is 163 Å². The fraction of sp³-hybridized carbons (Fsp3) is 0.980. The van der Waals surface area contributed by atoms with Gasteiger partial charge >= 0.3 is 8.03 Å². The van der Waals surface area contributed by atoms with E-state index in [1.165, 1.54) is 13.8 Å². The Morgan fingerprint density at radius 2 is 0.573 bits per heavy atom. The number of rotatable bonds is 59. The van der Waals surface area contributed by atoms with E-state index >= 15 is 0 Å². The van der Waals surface area contributed by atoms with Gasteiger partial charge in [0.25, 0.3) is 8.53 Å². The zero-order chi connectivity index (χ0) is 115. The first-order valence-corrected chi connectivity index (χ1v) is 79.9. The van der Waals surface area contributed by atoms with Gasteiger partial charge in [-0.1, -0.05) is 146 Å². The number of hydrogen-bond donors (Lipinski definition) is 5. The van der Waals surface area contributed by atoms with E-state index in [1.54, 1.807) is 42.7 Å². The van der Waals surface area contributed by atoms with Crippen molar-refractivity contribution in [1.82, 2.24) is 20.2 Å². The number of ether oxygens (including phenoxy) is 6. The molecule has 42 heteroatoms. The van der Waals surface area contributed by atoms with E-state index in [4.69, 9.17) is 92.0 Å². The Hall–Kier alpha value is 1.42. The monoisotopic (exact) mass is 2380 g/mol. The normalized spacial score (nSPS) is 14.0. The van der Waals surface area contributed by atoms with Crippen molar-refractivity contribution in [3.05, 3.63) is 0 Å². The van der Waals surface area contributed by atoms with Crippen LogP contribution in [0, 0.1) is 22.7 Å². The molecule has 0 aliphatic rings. The Morgan fingerprint density at radius 3 is 0.741 bits per heavy atom. The number of halogens is 3. The molecule has 0 rings (SSSR count). The van der Waals surface area contributed by atoms with E-state index < -0.39 is 94.9 Å². The van der Waals surface area contributed by atoms with Crippen LogP contribution in [-0.4, -0.2) is 348 Å². The lowest BCUT2D eigenvalue weighted by Gasteiger charge is -2.45.